The summed E-state index contributed by atoms with van der Waals surface area (Å²) in [4.78, 5) is 0. The topological polar surface area (TPSA) is 12.0 Å². The van der Waals surface area contributed by atoms with Crippen molar-refractivity contribution < 1.29 is 0 Å². The molecule has 2 rings (SSSR count). The molecule has 2 atom stereocenters. The third-order valence-electron chi connectivity index (χ3n) is 3.99. The van der Waals surface area contributed by atoms with Gasteiger partial charge in [-0.25, -0.2) is 0 Å². The molecule has 19 heavy (non-hydrogen) atoms. The quantitative estimate of drug-likeness (QED) is 0.874. The third-order valence-corrected chi connectivity index (χ3v) is 5.61. The average molecular weight is 277 g/mol. The van der Waals surface area contributed by atoms with Crippen molar-refractivity contribution in [2.45, 2.75) is 53.1 Å². The standard InChI is InChI=1S/C17H27NS/c1-12-6-7-16(13(2)8-12)14(3)18-15-9-17(4,5)11-19-10-15/h6-8,14-15,18H,9-11H2,1-5H3. The van der Waals surface area contributed by atoms with Gasteiger partial charge in [-0.3, -0.25) is 0 Å². The highest BCUT2D eigenvalue weighted by atomic mass is 32.2. The zero-order chi connectivity index (χ0) is 14.0. The zero-order valence-electron chi connectivity index (χ0n) is 12.9. The van der Waals surface area contributed by atoms with E-state index in [4.69, 9.17) is 0 Å². The van der Waals surface area contributed by atoms with Gasteiger partial charge < -0.3 is 5.32 Å². The number of nitrogens with one attached hydrogen (secondary N) is 1. The summed E-state index contributed by atoms with van der Waals surface area (Å²) < 4.78 is 0. The number of rotatable bonds is 3. The second-order valence-electron chi connectivity index (χ2n) is 6.83. The monoisotopic (exact) mass is 277 g/mol. The molecule has 1 aromatic carbocycles. The number of hydrogen-bond acceptors (Lipinski definition) is 2. The van der Waals surface area contributed by atoms with Gasteiger partial charge in [-0.1, -0.05) is 37.6 Å². The lowest BCUT2D eigenvalue weighted by Gasteiger charge is -2.36. The Morgan fingerprint density at radius 2 is 2.05 bits per heavy atom. The molecule has 1 saturated heterocycles. The summed E-state index contributed by atoms with van der Waals surface area (Å²) in [6, 6.07) is 7.88. The Morgan fingerprint density at radius 1 is 1.32 bits per heavy atom. The molecule has 2 heteroatoms. The molecular formula is C17H27NS. The minimum Gasteiger partial charge on any atom is -0.307 e. The minimum atomic E-state index is 0.445. The summed E-state index contributed by atoms with van der Waals surface area (Å²) >= 11 is 2.09. The average Bonchev–Trinajstić information content (AvgIpc) is 2.27. The van der Waals surface area contributed by atoms with Crippen LogP contribution >= 0.6 is 11.8 Å². The first-order valence-corrected chi connectivity index (χ1v) is 8.44. The lowest BCUT2D eigenvalue weighted by atomic mass is 9.87. The van der Waals surface area contributed by atoms with Crippen molar-refractivity contribution in [2.24, 2.45) is 5.41 Å². The Labute approximate surface area is 122 Å². The van der Waals surface area contributed by atoms with Crippen LogP contribution in [0.2, 0.25) is 0 Å². The molecule has 1 fully saturated rings. The van der Waals surface area contributed by atoms with Gasteiger partial charge >= 0.3 is 0 Å². The fourth-order valence-electron chi connectivity index (χ4n) is 3.12. The van der Waals surface area contributed by atoms with Crippen molar-refractivity contribution in [3.05, 3.63) is 34.9 Å². The molecule has 2 unspecified atom stereocenters. The van der Waals surface area contributed by atoms with E-state index < -0.39 is 0 Å². The van der Waals surface area contributed by atoms with Crippen molar-refractivity contribution in [3.8, 4) is 0 Å². The van der Waals surface area contributed by atoms with Crippen molar-refractivity contribution in [1.29, 1.82) is 0 Å². The first-order valence-electron chi connectivity index (χ1n) is 7.28. The third kappa shape index (κ3) is 4.00. The molecule has 1 aliphatic rings. The summed E-state index contributed by atoms with van der Waals surface area (Å²) in [7, 11) is 0. The van der Waals surface area contributed by atoms with Crippen LogP contribution < -0.4 is 5.32 Å². The smallest absolute Gasteiger partial charge is 0.0297 e. The molecule has 0 spiro atoms. The van der Waals surface area contributed by atoms with E-state index in [0.29, 0.717) is 17.5 Å². The molecule has 1 nitrogen and oxygen atoms in total. The zero-order valence-corrected chi connectivity index (χ0v) is 13.7. The second kappa shape index (κ2) is 5.88. The van der Waals surface area contributed by atoms with E-state index in [1.54, 1.807) is 0 Å². The number of hydrogen-bond donors (Lipinski definition) is 1. The summed E-state index contributed by atoms with van der Waals surface area (Å²) in [5.74, 6) is 2.54. The van der Waals surface area contributed by atoms with Crippen LogP contribution in [0.3, 0.4) is 0 Å². The van der Waals surface area contributed by atoms with E-state index in [1.807, 2.05) is 0 Å². The molecule has 0 saturated carbocycles. The number of benzene rings is 1. The molecule has 1 aromatic rings. The maximum atomic E-state index is 3.83. The summed E-state index contributed by atoms with van der Waals surface area (Å²) in [6.07, 6.45) is 1.29. The van der Waals surface area contributed by atoms with Crippen LogP contribution in [0.15, 0.2) is 18.2 Å². The van der Waals surface area contributed by atoms with Crippen molar-refractivity contribution in [1.82, 2.24) is 5.32 Å². The van der Waals surface area contributed by atoms with Crippen LogP contribution in [0.4, 0.5) is 0 Å². The molecule has 0 radical (unpaired) electrons. The van der Waals surface area contributed by atoms with E-state index in [2.05, 4.69) is 69.9 Å². The molecule has 0 amide bonds. The first-order chi connectivity index (χ1) is 8.87. The second-order valence-corrected chi connectivity index (χ2v) is 7.86. The number of thioether (sulfide) groups is 1. The lowest BCUT2D eigenvalue weighted by Crippen LogP contribution is -2.41. The van der Waals surface area contributed by atoms with Crippen LogP contribution in [0, 0.1) is 19.3 Å². The van der Waals surface area contributed by atoms with E-state index >= 15 is 0 Å². The van der Waals surface area contributed by atoms with Gasteiger partial charge in [0.2, 0.25) is 0 Å². The molecule has 106 valence electrons. The highest BCUT2D eigenvalue weighted by Gasteiger charge is 2.29. The molecule has 0 aliphatic carbocycles. The summed E-state index contributed by atoms with van der Waals surface area (Å²) in [5.41, 5.74) is 4.67. The van der Waals surface area contributed by atoms with Gasteiger partial charge in [-0.15, -0.1) is 0 Å². The van der Waals surface area contributed by atoms with Gasteiger partial charge in [-0.2, -0.15) is 11.8 Å². The van der Waals surface area contributed by atoms with Crippen LogP contribution in [-0.4, -0.2) is 17.5 Å². The number of aryl methyl sites for hydroxylation is 2. The van der Waals surface area contributed by atoms with Crippen LogP contribution in [0.5, 0.6) is 0 Å². The Bertz CT molecular complexity index is 439. The van der Waals surface area contributed by atoms with Gasteiger partial charge in [0, 0.05) is 17.8 Å². The van der Waals surface area contributed by atoms with Crippen LogP contribution in [-0.2, 0) is 0 Å². The molecular weight excluding hydrogens is 250 g/mol. The maximum absolute atomic E-state index is 3.83. The summed E-state index contributed by atoms with van der Waals surface area (Å²) in [5, 5.41) is 3.83. The highest BCUT2D eigenvalue weighted by molar-refractivity contribution is 7.99. The molecule has 1 N–H and O–H groups in total. The Balaban J connectivity index is 2.02. The fourth-order valence-corrected chi connectivity index (χ4v) is 4.41. The van der Waals surface area contributed by atoms with Gasteiger partial charge in [0.25, 0.3) is 0 Å². The van der Waals surface area contributed by atoms with Crippen molar-refractivity contribution in [3.63, 3.8) is 0 Å². The van der Waals surface area contributed by atoms with E-state index in [-0.39, 0.29) is 0 Å². The van der Waals surface area contributed by atoms with E-state index in [9.17, 15) is 0 Å². The normalized spacial score (nSPS) is 24.2. The maximum Gasteiger partial charge on any atom is 0.0297 e. The Hall–Kier alpha value is -0.470. The Morgan fingerprint density at radius 3 is 2.68 bits per heavy atom. The van der Waals surface area contributed by atoms with E-state index in [1.165, 1.54) is 34.6 Å². The predicted molar refractivity (Wildman–Crippen MR) is 87.0 cm³/mol. The molecule has 0 bridgehead atoms. The van der Waals surface area contributed by atoms with Gasteiger partial charge in [-0.05, 0) is 49.5 Å². The lowest BCUT2D eigenvalue weighted by molar-refractivity contribution is 0.305. The molecule has 0 aromatic heterocycles. The molecule has 1 heterocycles. The first kappa shape index (κ1) is 14.9. The van der Waals surface area contributed by atoms with Crippen LogP contribution in [0.25, 0.3) is 0 Å². The highest BCUT2D eigenvalue weighted by Crippen LogP contribution is 2.34. The van der Waals surface area contributed by atoms with Crippen molar-refractivity contribution >= 4 is 11.8 Å². The minimum absolute atomic E-state index is 0.445. The van der Waals surface area contributed by atoms with Gasteiger partial charge in [0.1, 0.15) is 0 Å². The van der Waals surface area contributed by atoms with Crippen LogP contribution in [0.1, 0.15) is 49.9 Å². The van der Waals surface area contributed by atoms with E-state index in [0.717, 1.165) is 0 Å². The SMILES string of the molecule is Cc1ccc(C(C)NC2CSCC(C)(C)C2)c(C)c1. The summed E-state index contributed by atoms with van der Waals surface area (Å²) in [6.45, 7) is 11.4. The Kier molecular flexibility index (Phi) is 4.62. The van der Waals surface area contributed by atoms with Gasteiger partial charge in [0.15, 0.2) is 0 Å². The molecule has 1 aliphatic heterocycles. The van der Waals surface area contributed by atoms with Crippen molar-refractivity contribution in [2.75, 3.05) is 11.5 Å². The predicted octanol–water partition coefficient (Wildman–Crippen LogP) is 4.49. The fraction of sp³-hybridized carbons (Fsp3) is 0.647. The largest absolute Gasteiger partial charge is 0.307 e. The van der Waals surface area contributed by atoms with Gasteiger partial charge in [0.05, 0.1) is 0 Å².